The van der Waals surface area contributed by atoms with Crippen LogP contribution in [0.1, 0.15) is 49.5 Å². The lowest BCUT2D eigenvalue weighted by Gasteiger charge is -2.52. The number of hydrogen-bond donors (Lipinski definition) is 0. The maximum Gasteiger partial charge on any atom is 0.356 e. The summed E-state index contributed by atoms with van der Waals surface area (Å²) in [5, 5.41) is 4.01. The fourth-order valence-electron chi connectivity index (χ4n) is 3.75. The number of nitrogens with zero attached hydrogens (tertiary/aromatic N) is 2. The highest BCUT2D eigenvalue weighted by Crippen LogP contribution is 2.56. The number of ether oxygens (including phenoxy) is 2. The van der Waals surface area contributed by atoms with Gasteiger partial charge in [0.2, 0.25) is 0 Å². The topological polar surface area (TPSA) is 53.4 Å². The Morgan fingerprint density at radius 3 is 2.80 bits per heavy atom. The summed E-state index contributed by atoms with van der Waals surface area (Å²) in [5.74, 6) is -0.267. The van der Waals surface area contributed by atoms with Crippen LogP contribution in [0.2, 0.25) is 0 Å². The highest BCUT2D eigenvalue weighted by atomic mass is 16.6. The maximum absolute atomic E-state index is 12.2. The van der Waals surface area contributed by atoms with E-state index >= 15 is 0 Å². The van der Waals surface area contributed by atoms with Crippen molar-refractivity contribution in [3.8, 4) is 0 Å². The Labute approximate surface area is 119 Å². The first-order valence-electron chi connectivity index (χ1n) is 7.48. The molecule has 0 aliphatic heterocycles. The van der Waals surface area contributed by atoms with Gasteiger partial charge in [0.15, 0.2) is 0 Å². The van der Waals surface area contributed by atoms with E-state index in [0.29, 0.717) is 5.69 Å². The molecule has 0 amide bonds. The Morgan fingerprint density at radius 1 is 1.45 bits per heavy atom. The zero-order valence-electron chi connectivity index (χ0n) is 12.2. The van der Waals surface area contributed by atoms with Crippen molar-refractivity contribution < 1.29 is 14.3 Å². The summed E-state index contributed by atoms with van der Waals surface area (Å²) < 4.78 is 13.1. The Bertz CT molecular complexity index is 491. The SMILES string of the molecule is CCOC1CC(OC(=O)c2ccnn2C)C12CCCC2. The maximum atomic E-state index is 12.2. The van der Waals surface area contributed by atoms with E-state index in [1.165, 1.54) is 12.8 Å². The van der Waals surface area contributed by atoms with Gasteiger partial charge in [0.05, 0.1) is 6.10 Å². The first kappa shape index (κ1) is 13.6. The van der Waals surface area contributed by atoms with Gasteiger partial charge in [-0.2, -0.15) is 5.10 Å². The van der Waals surface area contributed by atoms with Gasteiger partial charge in [0.1, 0.15) is 11.8 Å². The van der Waals surface area contributed by atoms with Crippen molar-refractivity contribution in [2.24, 2.45) is 12.5 Å². The number of aryl methyl sites for hydroxylation is 1. The second kappa shape index (κ2) is 5.20. The highest BCUT2D eigenvalue weighted by Gasteiger charge is 2.58. The van der Waals surface area contributed by atoms with Crippen LogP contribution in [0.15, 0.2) is 12.3 Å². The minimum atomic E-state index is -0.267. The fourth-order valence-corrected chi connectivity index (χ4v) is 3.75. The van der Waals surface area contributed by atoms with E-state index in [0.717, 1.165) is 25.9 Å². The molecular weight excluding hydrogens is 256 g/mol. The van der Waals surface area contributed by atoms with Gasteiger partial charge < -0.3 is 9.47 Å². The van der Waals surface area contributed by atoms with Gasteiger partial charge in [-0.25, -0.2) is 4.79 Å². The van der Waals surface area contributed by atoms with Crippen LogP contribution in [0.25, 0.3) is 0 Å². The lowest BCUT2D eigenvalue weighted by atomic mass is 9.62. The van der Waals surface area contributed by atoms with Crippen molar-refractivity contribution in [3.63, 3.8) is 0 Å². The van der Waals surface area contributed by atoms with Crippen LogP contribution in [-0.2, 0) is 16.5 Å². The van der Waals surface area contributed by atoms with Crippen LogP contribution >= 0.6 is 0 Å². The van der Waals surface area contributed by atoms with Crippen molar-refractivity contribution in [2.45, 2.75) is 51.2 Å². The predicted molar refractivity (Wildman–Crippen MR) is 73.3 cm³/mol. The Morgan fingerprint density at radius 2 is 2.20 bits per heavy atom. The molecule has 0 N–H and O–H groups in total. The average molecular weight is 278 g/mol. The Balaban J connectivity index is 1.69. The molecular formula is C15H22N2O3. The molecule has 110 valence electrons. The van der Waals surface area contributed by atoms with Gasteiger partial charge in [-0.05, 0) is 25.8 Å². The molecule has 1 heterocycles. The monoisotopic (exact) mass is 278 g/mol. The molecule has 5 nitrogen and oxygen atoms in total. The minimum Gasteiger partial charge on any atom is -0.457 e. The molecule has 2 fully saturated rings. The summed E-state index contributed by atoms with van der Waals surface area (Å²) in [6, 6.07) is 1.70. The molecule has 1 spiro atoms. The standard InChI is InChI=1S/C15H22N2O3/c1-3-19-12-10-13(15(12)7-4-5-8-15)20-14(18)11-6-9-16-17(11)2/h6,9,12-13H,3-5,7-8,10H2,1-2H3. The molecule has 1 aromatic heterocycles. The van der Waals surface area contributed by atoms with E-state index in [4.69, 9.17) is 9.47 Å². The van der Waals surface area contributed by atoms with E-state index in [1.807, 2.05) is 6.92 Å². The molecule has 1 aromatic rings. The minimum absolute atomic E-state index is 0.00366. The van der Waals surface area contributed by atoms with E-state index in [9.17, 15) is 4.79 Å². The lowest BCUT2D eigenvalue weighted by Crippen LogP contribution is -2.58. The van der Waals surface area contributed by atoms with Gasteiger partial charge >= 0.3 is 5.97 Å². The van der Waals surface area contributed by atoms with Gasteiger partial charge in [-0.3, -0.25) is 4.68 Å². The first-order chi connectivity index (χ1) is 9.67. The largest absolute Gasteiger partial charge is 0.457 e. The molecule has 0 radical (unpaired) electrons. The molecule has 0 bridgehead atoms. The van der Waals surface area contributed by atoms with E-state index < -0.39 is 0 Å². The molecule has 2 atom stereocenters. The Hall–Kier alpha value is -1.36. The van der Waals surface area contributed by atoms with Crippen molar-refractivity contribution in [3.05, 3.63) is 18.0 Å². The lowest BCUT2D eigenvalue weighted by molar-refractivity contribution is -0.189. The van der Waals surface area contributed by atoms with Crippen molar-refractivity contribution in [1.82, 2.24) is 9.78 Å². The third-order valence-electron chi connectivity index (χ3n) is 4.89. The molecule has 5 heteroatoms. The van der Waals surface area contributed by atoms with Crippen molar-refractivity contribution in [1.29, 1.82) is 0 Å². The number of carbonyl (C=O) groups excluding carboxylic acids is 1. The molecule has 0 saturated heterocycles. The van der Waals surface area contributed by atoms with Crippen LogP contribution < -0.4 is 0 Å². The number of esters is 1. The summed E-state index contributed by atoms with van der Waals surface area (Å²) in [7, 11) is 1.76. The second-order valence-corrected chi connectivity index (χ2v) is 5.85. The predicted octanol–water partition coefficient (Wildman–Crippen LogP) is 2.31. The highest BCUT2D eigenvalue weighted by molar-refractivity contribution is 5.87. The normalized spacial score (nSPS) is 27.5. The Kier molecular flexibility index (Phi) is 3.54. The van der Waals surface area contributed by atoms with Crippen LogP contribution in [0.4, 0.5) is 0 Å². The smallest absolute Gasteiger partial charge is 0.356 e. The van der Waals surface area contributed by atoms with Crippen LogP contribution in [-0.4, -0.2) is 34.6 Å². The molecule has 2 saturated carbocycles. The van der Waals surface area contributed by atoms with Crippen molar-refractivity contribution in [2.75, 3.05) is 6.61 Å². The number of rotatable bonds is 4. The second-order valence-electron chi connectivity index (χ2n) is 5.85. The third-order valence-corrected chi connectivity index (χ3v) is 4.89. The first-order valence-corrected chi connectivity index (χ1v) is 7.48. The van der Waals surface area contributed by atoms with E-state index in [1.54, 1.807) is 24.0 Å². The molecule has 2 aliphatic rings. The molecule has 20 heavy (non-hydrogen) atoms. The summed E-state index contributed by atoms with van der Waals surface area (Å²) in [6.07, 6.45) is 7.36. The summed E-state index contributed by atoms with van der Waals surface area (Å²) in [6.45, 7) is 2.76. The van der Waals surface area contributed by atoms with Crippen LogP contribution in [0.5, 0.6) is 0 Å². The number of hydrogen-bond acceptors (Lipinski definition) is 4. The van der Waals surface area contributed by atoms with Crippen molar-refractivity contribution >= 4 is 5.97 Å². The summed E-state index contributed by atoms with van der Waals surface area (Å²) in [4.78, 5) is 12.2. The molecule has 0 aromatic carbocycles. The molecule has 2 unspecified atom stereocenters. The van der Waals surface area contributed by atoms with Gasteiger partial charge in [-0.1, -0.05) is 12.8 Å². The van der Waals surface area contributed by atoms with E-state index in [2.05, 4.69) is 5.10 Å². The van der Waals surface area contributed by atoms with Gasteiger partial charge in [0, 0.05) is 31.7 Å². The zero-order chi connectivity index (χ0) is 14.2. The zero-order valence-corrected chi connectivity index (χ0v) is 12.2. The molecule has 2 aliphatic carbocycles. The van der Waals surface area contributed by atoms with Gasteiger partial charge in [-0.15, -0.1) is 0 Å². The average Bonchev–Trinajstić information content (AvgIpc) is 3.07. The fraction of sp³-hybridized carbons (Fsp3) is 0.733. The number of aromatic nitrogens is 2. The third kappa shape index (κ3) is 2.04. The van der Waals surface area contributed by atoms with Crippen LogP contribution in [0, 0.1) is 5.41 Å². The van der Waals surface area contributed by atoms with E-state index in [-0.39, 0.29) is 23.6 Å². The number of carbonyl (C=O) groups is 1. The summed E-state index contributed by atoms with van der Waals surface area (Å²) >= 11 is 0. The quantitative estimate of drug-likeness (QED) is 0.793. The molecule has 3 rings (SSSR count). The van der Waals surface area contributed by atoms with Crippen LogP contribution in [0.3, 0.4) is 0 Å². The van der Waals surface area contributed by atoms with Gasteiger partial charge in [0.25, 0.3) is 0 Å². The summed E-state index contributed by atoms with van der Waals surface area (Å²) in [5.41, 5.74) is 0.586.